The van der Waals surface area contributed by atoms with E-state index in [9.17, 15) is 13.2 Å². The van der Waals surface area contributed by atoms with Crippen molar-refractivity contribution >= 4 is 33.1 Å². The second-order valence-corrected chi connectivity index (χ2v) is 5.70. The number of amides is 1. The van der Waals surface area contributed by atoms with Crippen LogP contribution in [0.1, 0.15) is 10.4 Å². The van der Waals surface area contributed by atoms with Crippen molar-refractivity contribution in [3.8, 4) is 0 Å². The van der Waals surface area contributed by atoms with Gasteiger partial charge in [-0.25, -0.2) is 8.42 Å². The van der Waals surface area contributed by atoms with Gasteiger partial charge < -0.3 is 5.73 Å². The van der Waals surface area contributed by atoms with Crippen molar-refractivity contribution in [2.24, 2.45) is 5.73 Å². The zero-order chi connectivity index (χ0) is 13.1. The van der Waals surface area contributed by atoms with Gasteiger partial charge in [0.2, 0.25) is 0 Å². The Bertz CT molecular complexity index is 554. The van der Waals surface area contributed by atoms with Crippen LogP contribution in [0.25, 0.3) is 0 Å². The Morgan fingerprint density at radius 3 is 2.53 bits per heavy atom. The molecule has 1 rings (SSSR count). The van der Waals surface area contributed by atoms with Crippen LogP contribution in [0.4, 0.5) is 0 Å². The Morgan fingerprint density at radius 2 is 2.00 bits per heavy atom. The number of hydrogen-bond acceptors (Lipinski definition) is 4. The third kappa shape index (κ3) is 4.00. The summed E-state index contributed by atoms with van der Waals surface area (Å²) in [5.41, 5.74) is 9.81. The van der Waals surface area contributed by atoms with E-state index in [1.54, 1.807) is 0 Å². The minimum absolute atomic E-state index is 0.0699. The molecule has 0 heterocycles. The minimum atomic E-state index is -3.34. The Balaban J connectivity index is 2.93. The molecule has 0 radical (unpaired) electrons. The molecule has 0 bridgehead atoms. The lowest BCUT2D eigenvalue weighted by Crippen LogP contribution is -2.44. The van der Waals surface area contributed by atoms with Crippen LogP contribution in [0.3, 0.4) is 0 Å². The quantitative estimate of drug-likeness (QED) is 0.499. The molecule has 0 aliphatic heterocycles. The third-order valence-corrected chi connectivity index (χ3v) is 3.04. The van der Waals surface area contributed by atoms with Crippen LogP contribution in [0.2, 0.25) is 0 Å². The van der Waals surface area contributed by atoms with Crippen LogP contribution in [0.15, 0.2) is 29.2 Å². The van der Waals surface area contributed by atoms with Crippen molar-refractivity contribution in [1.29, 1.82) is 0 Å². The largest absolute Gasteiger partial charge is 0.375 e. The summed E-state index contributed by atoms with van der Waals surface area (Å²) in [5, 5.41) is -0.0855. The molecule has 0 aliphatic rings. The van der Waals surface area contributed by atoms with Crippen molar-refractivity contribution in [2.75, 3.05) is 6.26 Å². The summed E-state index contributed by atoms with van der Waals surface area (Å²) in [7, 11) is -3.34. The molecule has 1 aromatic carbocycles. The molecular weight excluding hydrogens is 262 g/mol. The zero-order valence-electron chi connectivity index (χ0n) is 8.93. The highest BCUT2D eigenvalue weighted by Crippen LogP contribution is 2.10. The SMILES string of the molecule is CS(=O)(=O)c1cccc(C(=O)NNC(N)=S)c1. The van der Waals surface area contributed by atoms with E-state index in [4.69, 9.17) is 5.73 Å². The molecule has 0 spiro atoms. The molecule has 0 saturated heterocycles. The average Bonchev–Trinajstić information content (AvgIpc) is 2.25. The highest BCUT2D eigenvalue weighted by Gasteiger charge is 2.11. The Morgan fingerprint density at radius 1 is 1.35 bits per heavy atom. The zero-order valence-corrected chi connectivity index (χ0v) is 10.6. The number of benzene rings is 1. The first-order valence-electron chi connectivity index (χ1n) is 4.46. The van der Waals surface area contributed by atoms with Crippen LogP contribution in [0, 0.1) is 0 Å². The molecule has 8 heteroatoms. The van der Waals surface area contributed by atoms with Gasteiger partial charge in [0, 0.05) is 11.8 Å². The number of hydrazine groups is 1. The van der Waals surface area contributed by atoms with Gasteiger partial charge in [0.1, 0.15) is 0 Å². The number of nitrogens with one attached hydrogen (secondary N) is 2. The van der Waals surface area contributed by atoms with Crippen molar-refractivity contribution in [3.63, 3.8) is 0 Å². The molecule has 1 aromatic rings. The van der Waals surface area contributed by atoms with Gasteiger partial charge >= 0.3 is 0 Å². The molecule has 0 atom stereocenters. The van der Waals surface area contributed by atoms with E-state index >= 15 is 0 Å². The number of carbonyl (C=O) groups is 1. The topological polar surface area (TPSA) is 101 Å². The van der Waals surface area contributed by atoms with Crippen LogP contribution < -0.4 is 16.6 Å². The van der Waals surface area contributed by atoms with Crippen molar-refractivity contribution in [1.82, 2.24) is 10.9 Å². The van der Waals surface area contributed by atoms with Crippen LogP contribution in [0.5, 0.6) is 0 Å². The summed E-state index contributed by atoms with van der Waals surface area (Å²) in [5.74, 6) is -0.525. The molecule has 6 nitrogen and oxygen atoms in total. The summed E-state index contributed by atoms with van der Waals surface area (Å²) in [6, 6.07) is 5.64. The lowest BCUT2D eigenvalue weighted by atomic mass is 10.2. The van der Waals surface area contributed by atoms with Gasteiger partial charge in [0.25, 0.3) is 5.91 Å². The highest BCUT2D eigenvalue weighted by molar-refractivity contribution is 7.90. The molecule has 0 aliphatic carbocycles. The second-order valence-electron chi connectivity index (χ2n) is 3.24. The van der Waals surface area contributed by atoms with Gasteiger partial charge in [0.05, 0.1) is 4.90 Å². The Hall–Kier alpha value is -1.67. The number of sulfone groups is 1. The van der Waals surface area contributed by atoms with Crippen LogP contribution in [-0.2, 0) is 9.84 Å². The fraction of sp³-hybridized carbons (Fsp3) is 0.111. The summed E-state index contributed by atoms with van der Waals surface area (Å²) >= 11 is 4.50. The predicted molar refractivity (Wildman–Crippen MR) is 66.9 cm³/mol. The third-order valence-electron chi connectivity index (χ3n) is 1.82. The molecule has 1 amide bonds. The van der Waals surface area contributed by atoms with Gasteiger partial charge in [-0.15, -0.1) is 0 Å². The first-order chi connectivity index (χ1) is 7.80. The first kappa shape index (κ1) is 13.4. The summed E-state index contributed by atoms with van der Waals surface area (Å²) in [6.45, 7) is 0. The standard InChI is InChI=1S/C9H11N3O3S2/c1-17(14,15)7-4-2-3-6(5-7)8(13)11-12-9(10)16/h2-5H,1H3,(H,11,13)(H3,10,12,16). The normalized spacial score (nSPS) is 10.6. The Kier molecular flexibility index (Phi) is 4.02. The van der Waals surface area contributed by atoms with E-state index in [0.717, 1.165) is 6.26 Å². The molecular formula is C9H11N3O3S2. The van der Waals surface area contributed by atoms with Gasteiger partial charge in [-0.2, -0.15) is 0 Å². The molecule has 4 N–H and O–H groups in total. The van der Waals surface area contributed by atoms with E-state index in [1.807, 2.05) is 0 Å². The fourth-order valence-corrected chi connectivity index (χ4v) is 1.78. The van der Waals surface area contributed by atoms with E-state index < -0.39 is 15.7 Å². The molecule has 17 heavy (non-hydrogen) atoms. The van der Waals surface area contributed by atoms with Crippen LogP contribution in [-0.4, -0.2) is 25.7 Å². The van der Waals surface area contributed by atoms with Gasteiger partial charge in [-0.05, 0) is 30.4 Å². The van der Waals surface area contributed by atoms with Crippen molar-refractivity contribution in [2.45, 2.75) is 4.90 Å². The average molecular weight is 273 g/mol. The second kappa shape index (κ2) is 5.11. The molecule has 0 aromatic heterocycles. The summed E-state index contributed by atoms with van der Waals surface area (Å²) in [4.78, 5) is 11.6. The van der Waals surface area contributed by atoms with E-state index in [0.29, 0.717) is 0 Å². The van der Waals surface area contributed by atoms with Crippen molar-refractivity contribution in [3.05, 3.63) is 29.8 Å². The summed E-state index contributed by atoms with van der Waals surface area (Å²) < 4.78 is 22.6. The number of nitrogens with two attached hydrogens (primary N) is 1. The maximum Gasteiger partial charge on any atom is 0.269 e. The highest BCUT2D eigenvalue weighted by atomic mass is 32.2. The van der Waals surface area contributed by atoms with Gasteiger partial charge in [-0.3, -0.25) is 15.6 Å². The smallest absolute Gasteiger partial charge is 0.269 e. The van der Waals surface area contributed by atoms with E-state index in [2.05, 4.69) is 23.1 Å². The lowest BCUT2D eigenvalue weighted by molar-refractivity contribution is 0.0944. The maximum absolute atomic E-state index is 11.5. The van der Waals surface area contributed by atoms with Crippen LogP contribution >= 0.6 is 12.2 Å². The monoisotopic (exact) mass is 273 g/mol. The number of hydrogen-bond donors (Lipinski definition) is 3. The number of rotatable bonds is 2. The lowest BCUT2D eigenvalue weighted by Gasteiger charge is -2.07. The molecule has 0 fully saturated rings. The molecule has 0 saturated carbocycles. The number of carbonyl (C=O) groups excluding carboxylic acids is 1. The number of thiocarbonyl (C=S) groups is 1. The minimum Gasteiger partial charge on any atom is -0.375 e. The van der Waals surface area contributed by atoms with E-state index in [1.165, 1.54) is 24.3 Å². The van der Waals surface area contributed by atoms with Gasteiger partial charge in [-0.1, -0.05) is 6.07 Å². The maximum atomic E-state index is 11.5. The van der Waals surface area contributed by atoms with Crippen molar-refractivity contribution < 1.29 is 13.2 Å². The molecule has 92 valence electrons. The predicted octanol–water partition coefficient (Wildman–Crippen LogP) is -0.432. The van der Waals surface area contributed by atoms with E-state index in [-0.39, 0.29) is 15.6 Å². The fourth-order valence-electron chi connectivity index (χ4n) is 1.06. The van der Waals surface area contributed by atoms with Gasteiger partial charge in [0.15, 0.2) is 14.9 Å². The first-order valence-corrected chi connectivity index (χ1v) is 6.76. The Labute approximate surface area is 104 Å². The summed E-state index contributed by atoms with van der Waals surface area (Å²) in [6.07, 6.45) is 1.07. The molecule has 0 unspecified atom stereocenters.